The SMILES string of the molecule is CCOc1cc(C)c(Cl)c(C)c1CCCS. The maximum atomic E-state index is 6.26. The molecule has 0 amide bonds. The number of rotatable bonds is 5. The molecule has 1 nitrogen and oxygen atoms in total. The van der Waals surface area contributed by atoms with E-state index in [4.69, 9.17) is 16.3 Å². The second kappa shape index (κ2) is 6.41. The van der Waals surface area contributed by atoms with Crippen LogP contribution in [-0.4, -0.2) is 12.4 Å². The van der Waals surface area contributed by atoms with E-state index in [9.17, 15) is 0 Å². The van der Waals surface area contributed by atoms with Gasteiger partial charge in [-0.1, -0.05) is 11.6 Å². The predicted molar refractivity (Wildman–Crippen MR) is 74.3 cm³/mol. The highest BCUT2D eigenvalue weighted by atomic mass is 35.5. The van der Waals surface area contributed by atoms with Crippen LogP contribution < -0.4 is 4.74 Å². The highest BCUT2D eigenvalue weighted by Gasteiger charge is 2.12. The van der Waals surface area contributed by atoms with Gasteiger partial charge in [0.25, 0.3) is 0 Å². The summed E-state index contributed by atoms with van der Waals surface area (Å²) < 4.78 is 5.67. The van der Waals surface area contributed by atoms with Crippen molar-refractivity contribution in [2.24, 2.45) is 0 Å². The minimum absolute atomic E-state index is 0.689. The molecule has 0 atom stereocenters. The van der Waals surface area contributed by atoms with Crippen LogP contribution in [0.3, 0.4) is 0 Å². The molecule has 0 heterocycles. The van der Waals surface area contributed by atoms with E-state index in [2.05, 4.69) is 19.6 Å². The van der Waals surface area contributed by atoms with Crippen LogP contribution in [0.1, 0.15) is 30.0 Å². The van der Waals surface area contributed by atoms with E-state index in [0.717, 1.165) is 40.5 Å². The van der Waals surface area contributed by atoms with Gasteiger partial charge in [0.2, 0.25) is 0 Å². The van der Waals surface area contributed by atoms with E-state index < -0.39 is 0 Å². The third-order valence-corrected chi connectivity index (χ3v) is 3.56. The summed E-state index contributed by atoms with van der Waals surface area (Å²) in [7, 11) is 0. The number of aryl methyl sites for hydroxylation is 1. The average Bonchev–Trinajstić information content (AvgIpc) is 2.26. The molecular formula is C13H19ClOS. The van der Waals surface area contributed by atoms with Gasteiger partial charge in [-0.05, 0) is 62.1 Å². The average molecular weight is 259 g/mol. The molecule has 0 bridgehead atoms. The Morgan fingerprint density at radius 3 is 2.62 bits per heavy atom. The van der Waals surface area contributed by atoms with Gasteiger partial charge in [0.1, 0.15) is 5.75 Å². The van der Waals surface area contributed by atoms with E-state index in [1.165, 1.54) is 5.56 Å². The van der Waals surface area contributed by atoms with Crippen LogP contribution in [0.4, 0.5) is 0 Å². The number of thiol groups is 1. The number of hydrogen-bond donors (Lipinski definition) is 1. The maximum Gasteiger partial charge on any atom is 0.123 e. The van der Waals surface area contributed by atoms with Crippen LogP contribution in [0.25, 0.3) is 0 Å². The number of hydrogen-bond acceptors (Lipinski definition) is 2. The highest BCUT2D eigenvalue weighted by molar-refractivity contribution is 7.80. The highest BCUT2D eigenvalue weighted by Crippen LogP contribution is 2.32. The first-order valence-corrected chi connectivity index (χ1v) is 6.65. The summed E-state index contributed by atoms with van der Waals surface area (Å²) in [5.74, 6) is 1.86. The lowest BCUT2D eigenvalue weighted by molar-refractivity contribution is 0.336. The Hall–Kier alpha value is -0.340. The van der Waals surface area contributed by atoms with Gasteiger partial charge < -0.3 is 4.74 Å². The molecule has 1 rings (SSSR count). The van der Waals surface area contributed by atoms with Gasteiger partial charge >= 0.3 is 0 Å². The number of ether oxygens (including phenoxy) is 1. The Labute approximate surface area is 109 Å². The van der Waals surface area contributed by atoms with Crippen molar-refractivity contribution in [1.29, 1.82) is 0 Å². The summed E-state index contributed by atoms with van der Waals surface area (Å²) in [6.07, 6.45) is 2.02. The Balaban J connectivity index is 3.13. The molecule has 0 saturated carbocycles. The molecule has 0 aromatic heterocycles. The molecule has 16 heavy (non-hydrogen) atoms. The van der Waals surface area contributed by atoms with E-state index in [1.807, 2.05) is 19.9 Å². The quantitative estimate of drug-likeness (QED) is 0.778. The Kier molecular flexibility index (Phi) is 5.50. The first-order valence-electron chi connectivity index (χ1n) is 5.64. The van der Waals surface area contributed by atoms with Gasteiger partial charge in [-0.15, -0.1) is 0 Å². The zero-order valence-electron chi connectivity index (χ0n) is 10.1. The minimum Gasteiger partial charge on any atom is -0.494 e. The second-order valence-electron chi connectivity index (χ2n) is 3.87. The zero-order chi connectivity index (χ0) is 12.1. The standard InChI is InChI=1S/C13H19ClOS/c1-4-15-12-8-9(2)13(14)10(3)11(12)6-5-7-16/h8,16H,4-7H2,1-3H3. The summed E-state index contributed by atoms with van der Waals surface area (Å²) in [4.78, 5) is 0. The van der Waals surface area contributed by atoms with E-state index in [-0.39, 0.29) is 0 Å². The second-order valence-corrected chi connectivity index (χ2v) is 4.69. The third kappa shape index (κ3) is 3.08. The van der Waals surface area contributed by atoms with E-state index in [1.54, 1.807) is 0 Å². The summed E-state index contributed by atoms with van der Waals surface area (Å²) in [6, 6.07) is 2.03. The minimum atomic E-state index is 0.689. The molecule has 1 aromatic carbocycles. The van der Waals surface area contributed by atoms with Gasteiger partial charge in [0.15, 0.2) is 0 Å². The maximum absolute atomic E-state index is 6.26. The first kappa shape index (κ1) is 13.7. The molecular weight excluding hydrogens is 240 g/mol. The lowest BCUT2D eigenvalue weighted by Crippen LogP contribution is -2.01. The summed E-state index contributed by atoms with van der Waals surface area (Å²) in [5, 5.41) is 0.859. The third-order valence-electron chi connectivity index (χ3n) is 2.66. The largest absolute Gasteiger partial charge is 0.494 e. The normalized spacial score (nSPS) is 10.6. The van der Waals surface area contributed by atoms with E-state index >= 15 is 0 Å². The van der Waals surface area contributed by atoms with Crippen molar-refractivity contribution < 1.29 is 4.74 Å². The van der Waals surface area contributed by atoms with Crippen molar-refractivity contribution in [2.45, 2.75) is 33.6 Å². The molecule has 0 N–H and O–H groups in total. The molecule has 3 heteroatoms. The van der Waals surface area contributed by atoms with Crippen molar-refractivity contribution >= 4 is 24.2 Å². The molecule has 0 saturated heterocycles. The van der Waals surface area contributed by atoms with Crippen LogP contribution in [0.2, 0.25) is 5.02 Å². The van der Waals surface area contributed by atoms with Crippen molar-refractivity contribution in [3.63, 3.8) is 0 Å². The number of benzene rings is 1. The summed E-state index contributed by atoms with van der Waals surface area (Å²) in [6.45, 7) is 6.77. The number of halogens is 1. The van der Waals surface area contributed by atoms with Crippen molar-refractivity contribution in [2.75, 3.05) is 12.4 Å². The van der Waals surface area contributed by atoms with Gasteiger partial charge in [-0.2, -0.15) is 12.6 Å². The molecule has 0 aliphatic rings. The van der Waals surface area contributed by atoms with Crippen LogP contribution in [0, 0.1) is 13.8 Å². The predicted octanol–water partition coefficient (Wildman–Crippen LogP) is 4.22. The summed E-state index contributed by atoms with van der Waals surface area (Å²) >= 11 is 10.5. The molecule has 0 aliphatic carbocycles. The molecule has 90 valence electrons. The fraction of sp³-hybridized carbons (Fsp3) is 0.538. The molecule has 0 unspecified atom stereocenters. The molecule has 0 fully saturated rings. The lowest BCUT2D eigenvalue weighted by atomic mass is 10.0. The Bertz CT molecular complexity index is 363. The zero-order valence-corrected chi connectivity index (χ0v) is 11.8. The summed E-state index contributed by atoms with van der Waals surface area (Å²) in [5.41, 5.74) is 3.45. The van der Waals surface area contributed by atoms with E-state index in [0.29, 0.717) is 6.61 Å². The van der Waals surface area contributed by atoms with Crippen LogP contribution >= 0.6 is 24.2 Å². The fourth-order valence-corrected chi connectivity index (χ4v) is 2.14. The topological polar surface area (TPSA) is 9.23 Å². The van der Waals surface area contributed by atoms with Crippen LogP contribution in [0.5, 0.6) is 5.75 Å². The smallest absolute Gasteiger partial charge is 0.123 e. The van der Waals surface area contributed by atoms with Crippen molar-refractivity contribution in [3.05, 3.63) is 27.8 Å². The van der Waals surface area contributed by atoms with Gasteiger partial charge in [-0.25, -0.2) is 0 Å². The Morgan fingerprint density at radius 2 is 2.06 bits per heavy atom. The molecule has 0 radical (unpaired) electrons. The monoisotopic (exact) mass is 258 g/mol. The molecule has 0 aliphatic heterocycles. The van der Waals surface area contributed by atoms with Gasteiger partial charge in [0.05, 0.1) is 6.61 Å². The first-order chi connectivity index (χ1) is 7.61. The Morgan fingerprint density at radius 1 is 1.38 bits per heavy atom. The molecule has 0 spiro atoms. The van der Waals surface area contributed by atoms with Gasteiger partial charge in [-0.3, -0.25) is 0 Å². The van der Waals surface area contributed by atoms with Gasteiger partial charge in [0, 0.05) is 5.02 Å². The van der Waals surface area contributed by atoms with Crippen molar-refractivity contribution in [1.82, 2.24) is 0 Å². The fourth-order valence-electron chi connectivity index (χ4n) is 1.81. The van der Waals surface area contributed by atoms with Crippen molar-refractivity contribution in [3.8, 4) is 5.75 Å². The van der Waals surface area contributed by atoms with Crippen LogP contribution in [0.15, 0.2) is 6.07 Å². The lowest BCUT2D eigenvalue weighted by Gasteiger charge is -2.16. The molecule has 1 aromatic rings. The van der Waals surface area contributed by atoms with Crippen LogP contribution in [-0.2, 0) is 6.42 Å².